The second kappa shape index (κ2) is 14.2. The number of carbonyl (C=O) groups is 1. The second-order valence-corrected chi connectivity index (χ2v) is 8.60. The van der Waals surface area contributed by atoms with Crippen molar-refractivity contribution < 1.29 is 14.3 Å². The standard InChI is InChI=1S/C21H27N3O3S2/c1-17(28-29-20-5-3-4-10-23-20)18-6-8-19(9-7-18)21(25)24-12-14-27-16-15-26-13-11-22-2/h3-10,17H,2,11-16H2,1H3,(H,24,25). The molecule has 1 N–H and O–H groups in total. The smallest absolute Gasteiger partial charge is 0.251 e. The van der Waals surface area contributed by atoms with Gasteiger partial charge in [0.1, 0.15) is 5.03 Å². The van der Waals surface area contributed by atoms with E-state index < -0.39 is 0 Å². The molecule has 1 aromatic carbocycles. The van der Waals surface area contributed by atoms with Crippen LogP contribution in [-0.2, 0) is 9.47 Å². The number of ether oxygens (including phenoxy) is 2. The van der Waals surface area contributed by atoms with Crippen LogP contribution < -0.4 is 5.32 Å². The molecule has 0 saturated heterocycles. The average molecular weight is 434 g/mol. The number of benzene rings is 1. The van der Waals surface area contributed by atoms with Gasteiger partial charge in [0, 0.05) is 23.6 Å². The lowest BCUT2D eigenvalue weighted by atomic mass is 10.1. The summed E-state index contributed by atoms with van der Waals surface area (Å²) in [6.45, 7) is 8.60. The van der Waals surface area contributed by atoms with Gasteiger partial charge in [0.15, 0.2) is 0 Å². The Hall–Kier alpha value is -1.87. The van der Waals surface area contributed by atoms with Gasteiger partial charge in [0.05, 0.1) is 33.0 Å². The Kier molecular flexibility index (Phi) is 11.4. The average Bonchev–Trinajstić information content (AvgIpc) is 2.77. The molecule has 1 aromatic heterocycles. The number of hydrogen-bond donors (Lipinski definition) is 1. The summed E-state index contributed by atoms with van der Waals surface area (Å²) in [7, 11) is 3.40. The summed E-state index contributed by atoms with van der Waals surface area (Å²) < 4.78 is 10.7. The van der Waals surface area contributed by atoms with Crippen LogP contribution in [0.3, 0.4) is 0 Å². The number of aliphatic imine (C=N–C) groups is 1. The van der Waals surface area contributed by atoms with E-state index in [1.807, 2.05) is 42.5 Å². The van der Waals surface area contributed by atoms with E-state index in [4.69, 9.17) is 9.47 Å². The maximum Gasteiger partial charge on any atom is 0.251 e. The zero-order chi connectivity index (χ0) is 20.7. The summed E-state index contributed by atoms with van der Waals surface area (Å²) in [5.41, 5.74) is 1.81. The third-order valence-corrected chi connectivity index (χ3v) is 6.59. The molecule has 0 saturated carbocycles. The number of rotatable bonds is 14. The first-order valence-corrected chi connectivity index (χ1v) is 11.6. The maximum atomic E-state index is 12.2. The Morgan fingerprint density at radius 1 is 1.14 bits per heavy atom. The van der Waals surface area contributed by atoms with Crippen LogP contribution in [0.15, 0.2) is 58.7 Å². The molecule has 0 fully saturated rings. The number of aromatic nitrogens is 1. The molecule has 0 aliphatic heterocycles. The van der Waals surface area contributed by atoms with E-state index in [9.17, 15) is 4.79 Å². The first-order chi connectivity index (χ1) is 14.2. The van der Waals surface area contributed by atoms with Crippen LogP contribution in [0.1, 0.15) is 28.1 Å². The van der Waals surface area contributed by atoms with Gasteiger partial charge in [-0.1, -0.05) is 29.0 Å². The van der Waals surface area contributed by atoms with E-state index >= 15 is 0 Å². The maximum absolute atomic E-state index is 12.2. The molecule has 0 aliphatic carbocycles. The second-order valence-electron chi connectivity index (χ2n) is 6.04. The number of pyridine rings is 1. The van der Waals surface area contributed by atoms with E-state index in [1.165, 1.54) is 5.56 Å². The molecule has 0 aliphatic rings. The summed E-state index contributed by atoms with van der Waals surface area (Å²) in [6.07, 6.45) is 1.79. The van der Waals surface area contributed by atoms with Crippen LogP contribution >= 0.6 is 21.6 Å². The minimum atomic E-state index is -0.100. The summed E-state index contributed by atoms with van der Waals surface area (Å²) in [6, 6.07) is 13.6. The molecule has 2 rings (SSSR count). The summed E-state index contributed by atoms with van der Waals surface area (Å²) in [4.78, 5) is 20.2. The Balaban J connectivity index is 1.64. The van der Waals surface area contributed by atoms with Gasteiger partial charge in [0.2, 0.25) is 0 Å². The fourth-order valence-electron chi connectivity index (χ4n) is 2.27. The zero-order valence-electron chi connectivity index (χ0n) is 16.6. The molecule has 1 unspecified atom stereocenters. The van der Waals surface area contributed by atoms with Crippen molar-refractivity contribution in [2.45, 2.75) is 17.2 Å². The predicted octanol–water partition coefficient (Wildman–Crippen LogP) is 4.05. The van der Waals surface area contributed by atoms with E-state index in [0.717, 1.165) is 5.03 Å². The largest absolute Gasteiger partial charge is 0.377 e. The lowest BCUT2D eigenvalue weighted by molar-refractivity contribution is 0.0512. The monoisotopic (exact) mass is 433 g/mol. The first kappa shape index (κ1) is 23.4. The first-order valence-electron chi connectivity index (χ1n) is 9.41. The molecule has 156 valence electrons. The van der Waals surface area contributed by atoms with Crippen molar-refractivity contribution in [3.05, 3.63) is 59.8 Å². The molecule has 8 heteroatoms. The van der Waals surface area contributed by atoms with Crippen LogP contribution in [0, 0.1) is 0 Å². The summed E-state index contributed by atoms with van der Waals surface area (Å²) in [5, 5.41) is 4.14. The lowest BCUT2D eigenvalue weighted by Gasteiger charge is -2.11. The fourth-order valence-corrected chi connectivity index (χ4v) is 4.38. The van der Waals surface area contributed by atoms with Crippen molar-refractivity contribution in [3.8, 4) is 0 Å². The molecule has 1 heterocycles. The Morgan fingerprint density at radius 2 is 1.90 bits per heavy atom. The highest BCUT2D eigenvalue weighted by Gasteiger charge is 2.10. The molecule has 2 aromatic rings. The highest BCUT2D eigenvalue weighted by Crippen LogP contribution is 2.41. The normalized spacial score (nSPS) is 11.8. The van der Waals surface area contributed by atoms with E-state index in [2.05, 4.69) is 28.9 Å². The van der Waals surface area contributed by atoms with Gasteiger partial charge in [-0.05, 0) is 54.3 Å². The van der Waals surface area contributed by atoms with Crippen molar-refractivity contribution in [2.75, 3.05) is 39.5 Å². The highest BCUT2D eigenvalue weighted by atomic mass is 33.1. The minimum absolute atomic E-state index is 0.100. The van der Waals surface area contributed by atoms with Crippen LogP contribution in [0.5, 0.6) is 0 Å². The minimum Gasteiger partial charge on any atom is -0.377 e. The lowest BCUT2D eigenvalue weighted by Crippen LogP contribution is -2.27. The number of carbonyl (C=O) groups excluding carboxylic acids is 1. The Labute approximate surface area is 180 Å². The topological polar surface area (TPSA) is 72.8 Å². The van der Waals surface area contributed by atoms with Crippen molar-refractivity contribution in [2.24, 2.45) is 4.99 Å². The predicted molar refractivity (Wildman–Crippen MR) is 121 cm³/mol. The molecule has 0 spiro atoms. The van der Waals surface area contributed by atoms with E-state index in [1.54, 1.807) is 27.8 Å². The van der Waals surface area contributed by atoms with Gasteiger partial charge in [-0.3, -0.25) is 9.79 Å². The Bertz CT molecular complexity index is 730. The number of nitrogens with zero attached hydrogens (tertiary/aromatic N) is 2. The van der Waals surface area contributed by atoms with Gasteiger partial charge >= 0.3 is 0 Å². The van der Waals surface area contributed by atoms with Gasteiger partial charge in [-0.2, -0.15) is 0 Å². The SMILES string of the molecule is C=NCCOCCOCCNC(=O)c1ccc(C(C)SSc2ccccn2)cc1. The quantitative estimate of drug-likeness (QED) is 0.275. The van der Waals surface area contributed by atoms with Crippen molar-refractivity contribution >= 4 is 34.2 Å². The van der Waals surface area contributed by atoms with Crippen molar-refractivity contribution in [1.29, 1.82) is 0 Å². The van der Waals surface area contributed by atoms with Gasteiger partial charge < -0.3 is 14.8 Å². The van der Waals surface area contributed by atoms with Crippen molar-refractivity contribution in [3.63, 3.8) is 0 Å². The molecule has 6 nitrogen and oxygen atoms in total. The van der Waals surface area contributed by atoms with Crippen LogP contribution in [0.2, 0.25) is 0 Å². The third-order valence-electron chi connectivity index (χ3n) is 3.86. The molecule has 0 radical (unpaired) electrons. The molecule has 29 heavy (non-hydrogen) atoms. The van der Waals surface area contributed by atoms with E-state index in [-0.39, 0.29) is 11.2 Å². The molecule has 0 bridgehead atoms. The zero-order valence-corrected chi connectivity index (χ0v) is 18.2. The summed E-state index contributed by atoms with van der Waals surface area (Å²) >= 11 is 0. The number of nitrogens with one attached hydrogen (secondary N) is 1. The highest BCUT2D eigenvalue weighted by molar-refractivity contribution is 8.76. The molecule has 1 amide bonds. The molecular weight excluding hydrogens is 406 g/mol. The Morgan fingerprint density at radius 3 is 2.59 bits per heavy atom. The van der Waals surface area contributed by atoms with E-state index in [0.29, 0.717) is 45.1 Å². The fraction of sp³-hybridized carbons (Fsp3) is 0.381. The summed E-state index contributed by atoms with van der Waals surface area (Å²) in [5.74, 6) is -0.100. The molecular formula is C21H27N3O3S2. The van der Waals surface area contributed by atoms with Gasteiger partial charge in [-0.15, -0.1) is 0 Å². The van der Waals surface area contributed by atoms with Crippen LogP contribution in [0.4, 0.5) is 0 Å². The van der Waals surface area contributed by atoms with Crippen molar-refractivity contribution in [1.82, 2.24) is 10.3 Å². The number of hydrogen-bond acceptors (Lipinski definition) is 7. The van der Waals surface area contributed by atoms with Crippen LogP contribution in [-0.4, -0.2) is 57.1 Å². The third kappa shape index (κ3) is 9.45. The van der Waals surface area contributed by atoms with Gasteiger partial charge in [0.25, 0.3) is 5.91 Å². The molecule has 1 atom stereocenters. The number of amides is 1. The van der Waals surface area contributed by atoms with Gasteiger partial charge in [-0.25, -0.2) is 4.98 Å². The van der Waals surface area contributed by atoms with Crippen LogP contribution in [0.25, 0.3) is 0 Å².